The Hall–Kier alpha value is -0.0200. The fraction of sp³-hybridized carbons (Fsp3) is 0.600. The molecule has 7 heteroatoms. The molecule has 0 N–H and O–H groups in total. The van der Waals surface area contributed by atoms with E-state index in [1.54, 1.807) is 0 Å². The summed E-state index contributed by atoms with van der Waals surface area (Å²) in [5.41, 5.74) is 0.482. The van der Waals surface area contributed by atoms with E-state index in [0.29, 0.717) is 35.7 Å². The van der Waals surface area contributed by atoms with Crippen molar-refractivity contribution in [2.24, 2.45) is 5.92 Å². The molecule has 0 amide bonds. The van der Waals surface area contributed by atoms with E-state index in [1.165, 1.54) is 12.1 Å². The van der Waals surface area contributed by atoms with Gasteiger partial charge in [-0.15, -0.1) is 0 Å². The first kappa shape index (κ1) is 16.8. The summed E-state index contributed by atoms with van der Waals surface area (Å²) < 4.78 is 44.6. The number of alkyl halides is 1. The molecule has 0 spiro atoms. The first-order valence-corrected chi connectivity index (χ1v) is 8.80. The van der Waals surface area contributed by atoms with Crippen molar-refractivity contribution in [2.45, 2.75) is 29.2 Å². The minimum Gasteiger partial charge on any atom is -0.373 e. The van der Waals surface area contributed by atoms with E-state index in [4.69, 9.17) is 25.8 Å². The summed E-state index contributed by atoms with van der Waals surface area (Å²) in [5.74, 6) is -1.36. The van der Waals surface area contributed by atoms with Crippen LogP contribution in [-0.2, 0) is 14.2 Å². The number of benzene rings is 1. The quantitative estimate of drug-likeness (QED) is 0.388. The van der Waals surface area contributed by atoms with Crippen LogP contribution in [0, 0.1) is 17.6 Å². The lowest BCUT2D eigenvalue weighted by molar-refractivity contribution is -0.221. The van der Waals surface area contributed by atoms with Crippen LogP contribution in [0.5, 0.6) is 0 Å². The van der Waals surface area contributed by atoms with E-state index < -0.39 is 16.7 Å². The van der Waals surface area contributed by atoms with Crippen molar-refractivity contribution in [3.8, 4) is 0 Å². The van der Waals surface area contributed by atoms with Crippen molar-refractivity contribution < 1.29 is 23.0 Å². The van der Waals surface area contributed by atoms with Gasteiger partial charge in [-0.3, -0.25) is 0 Å². The first-order chi connectivity index (χ1) is 10.5. The zero-order chi connectivity index (χ0) is 15.7. The van der Waals surface area contributed by atoms with Crippen LogP contribution in [-0.4, -0.2) is 30.0 Å². The normalized spacial score (nSPS) is 32.9. The molecular weight excluding hydrogens is 429 g/mol. The Bertz CT molecular complexity index is 507. The molecule has 2 aliphatic heterocycles. The average molecular weight is 445 g/mol. The third-order valence-electron chi connectivity index (χ3n) is 3.96. The molecule has 2 unspecified atom stereocenters. The Morgan fingerprint density at radius 3 is 2.18 bits per heavy atom. The lowest BCUT2D eigenvalue weighted by Gasteiger charge is -2.36. The van der Waals surface area contributed by atoms with Gasteiger partial charge in [-0.1, -0.05) is 34.2 Å². The summed E-state index contributed by atoms with van der Waals surface area (Å²) in [4.78, 5) is 0. The van der Waals surface area contributed by atoms with Gasteiger partial charge in [0.1, 0.15) is 16.7 Å². The molecule has 0 aliphatic carbocycles. The van der Waals surface area contributed by atoms with Crippen LogP contribution in [0.3, 0.4) is 0 Å². The van der Waals surface area contributed by atoms with Crippen molar-refractivity contribution in [3.63, 3.8) is 0 Å². The van der Waals surface area contributed by atoms with Crippen LogP contribution in [0.4, 0.5) is 8.78 Å². The topological polar surface area (TPSA) is 27.7 Å². The Labute approximate surface area is 146 Å². The summed E-state index contributed by atoms with van der Waals surface area (Å²) in [6.07, 6.45) is 0.930. The molecule has 2 heterocycles. The zero-order valence-corrected chi connectivity index (χ0v) is 14.6. The van der Waals surface area contributed by atoms with E-state index in [0.717, 1.165) is 6.42 Å². The maximum atomic E-state index is 13.5. The maximum Gasteiger partial charge on any atom is 0.162 e. The maximum absolute atomic E-state index is 13.5. The monoisotopic (exact) mass is 444 g/mol. The predicted molar refractivity (Wildman–Crippen MR) is 86.3 cm³/mol. The van der Waals surface area contributed by atoms with E-state index in [-0.39, 0.29) is 18.3 Å². The molecule has 0 radical (unpaired) electrons. The molecule has 2 fully saturated rings. The van der Waals surface area contributed by atoms with Crippen molar-refractivity contribution in [2.75, 3.05) is 19.8 Å². The van der Waals surface area contributed by atoms with Crippen LogP contribution in [0.2, 0.25) is 5.02 Å². The number of halogens is 4. The predicted octanol–water partition coefficient (Wildman–Crippen LogP) is 4.26. The highest BCUT2D eigenvalue weighted by molar-refractivity contribution is 14.1. The van der Waals surface area contributed by atoms with Gasteiger partial charge in [-0.05, 0) is 30.5 Å². The molecule has 0 bridgehead atoms. The highest BCUT2D eigenvalue weighted by atomic mass is 127. The van der Waals surface area contributed by atoms with Crippen molar-refractivity contribution in [1.29, 1.82) is 0 Å². The third kappa shape index (κ3) is 3.72. The summed E-state index contributed by atoms with van der Waals surface area (Å²) in [5, 5.41) is -0.477. The number of rotatable bonds is 2. The van der Waals surface area contributed by atoms with E-state index in [1.807, 2.05) is 0 Å². The highest BCUT2D eigenvalue weighted by Gasteiger charge is 2.33. The van der Waals surface area contributed by atoms with Crippen molar-refractivity contribution >= 4 is 34.2 Å². The second-order valence-electron chi connectivity index (χ2n) is 5.59. The molecule has 1 aromatic carbocycles. The van der Waals surface area contributed by atoms with E-state index in [9.17, 15) is 8.78 Å². The zero-order valence-electron chi connectivity index (χ0n) is 11.7. The fourth-order valence-electron chi connectivity index (χ4n) is 2.78. The largest absolute Gasteiger partial charge is 0.373 e. The fourth-order valence-corrected chi connectivity index (χ4v) is 3.30. The minimum atomic E-state index is -0.755. The number of ether oxygens (including phenoxy) is 3. The SMILES string of the molecule is Fc1cc(C2CCC(C3OCC(I)CO3)CO2)cc(F)c1Cl. The lowest BCUT2D eigenvalue weighted by Crippen LogP contribution is -2.40. The molecular formula is C15H16ClF2IO3. The molecule has 22 heavy (non-hydrogen) atoms. The van der Waals surface area contributed by atoms with Crippen LogP contribution >= 0.6 is 34.2 Å². The van der Waals surface area contributed by atoms with Crippen LogP contribution in [0.25, 0.3) is 0 Å². The molecule has 1 aromatic rings. The molecule has 2 aliphatic rings. The van der Waals surface area contributed by atoms with Gasteiger partial charge in [0, 0.05) is 5.92 Å². The molecule has 122 valence electrons. The van der Waals surface area contributed by atoms with E-state index in [2.05, 4.69) is 22.6 Å². The lowest BCUT2D eigenvalue weighted by atomic mass is 9.94. The number of hydrogen-bond donors (Lipinski definition) is 0. The molecule has 2 saturated heterocycles. The summed E-state index contributed by atoms with van der Waals surface area (Å²) >= 11 is 7.79. The molecule has 3 rings (SSSR count). The van der Waals surface area contributed by atoms with Crippen molar-refractivity contribution in [1.82, 2.24) is 0 Å². The van der Waals surface area contributed by atoms with Gasteiger partial charge in [0.25, 0.3) is 0 Å². The standard InChI is InChI=1S/C15H16ClF2IO3/c16-14-11(17)3-9(4-12(14)18)13-2-1-8(5-20-13)15-21-6-10(19)7-22-15/h3-4,8,10,13,15H,1-2,5-7H2. The average Bonchev–Trinajstić information content (AvgIpc) is 2.53. The summed E-state index contributed by atoms with van der Waals surface area (Å²) in [6, 6.07) is 2.48. The van der Waals surface area contributed by atoms with Gasteiger partial charge in [-0.25, -0.2) is 8.78 Å². The summed E-state index contributed by atoms with van der Waals surface area (Å²) in [7, 11) is 0. The second-order valence-corrected chi connectivity index (χ2v) is 7.73. The van der Waals surface area contributed by atoms with Gasteiger partial charge in [0.05, 0.1) is 29.8 Å². The van der Waals surface area contributed by atoms with Crippen LogP contribution in [0.15, 0.2) is 12.1 Å². The minimum absolute atomic E-state index is 0.155. The van der Waals surface area contributed by atoms with Gasteiger partial charge in [-0.2, -0.15) is 0 Å². The Kier molecular flexibility index (Phi) is 5.55. The Morgan fingerprint density at radius 1 is 1.00 bits per heavy atom. The smallest absolute Gasteiger partial charge is 0.162 e. The molecule has 0 aromatic heterocycles. The third-order valence-corrected chi connectivity index (χ3v) is 5.04. The van der Waals surface area contributed by atoms with Crippen molar-refractivity contribution in [3.05, 3.63) is 34.4 Å². The summed E-state index contributed by atoms with van der Waals surface area (Å²) in [6.45, 7) is 1.81. The van der Waals surface area contributed by atoms with E-state index >= 15 is 0 Å². The Balaban J connectivity index is 1.60. The van der Waals surface area contributed by atoms with Crippen LogP contribution < -0.4 is 0 Å². The number of hydrogen-bond acceptors (Lipinski definition) is 3. The molecule has 0 saturated carbocycles. The van der Waals surface area contributed by atoms with Crippen LogP contribution in [0.1, 0.15) is 24.5 Å². The molecule has 2 atom stereocenters. The molecule has 3 nitrogen and oxygen atoms in total. The van der Waals surface area contributed by atoms with Gasteiger partial charge < -0.3 is 14.2 Å². The highest BCUT2D eigenvalue weighted by Crippen LogP contribution is 2.35. The second kappa shape index (κ2) is 7.25. The Morgan fingerprint density at radius 2 is 1.64 bits per heavy atom. The first-order valence-electron chi connectivity index (χ1n) is 7.18. The van der Waals surface area contributed by atoms with Gasteiger partial charge in [0.2, 0.25) is 0 Å². The van der Waals surface area contributed by atoms with Gasteiger partial charge in [0.15, 0.2) is 6.29 Å². The van der Waals surface area contributed by atoms with Gasteiger partial charge >= 0.3 is 0 Å².